The molecule has 0 aromatic rings. The van der Waals surface area contributed by atoms with Crippen LogP contribution in [0.1, 0.15) is 225 Å². The molecule has 0 saturated heterocycles. The minimum atomic E-state index is -0.724. The molecule has 0 aliphatic heterocycles. The molecule has 0 aliphatic rings. The normalized spacial score (nSPS) is 13.3. The van der Waals surface area contributed by atoms with E-state index in [0.717, 1.165) is 6.42 Å². The van der Waals surface area contributed by atoms with Gasteiger partial charge in [-0.2, -0.15) is 0 Å². The Hall–Kier alpha value is -0.380. The molecule has 0 aromatic carbocycles. The summed E-state index contributed by atoms with van der Waals surface area (Å²) in [5.41, 5.74) is 5.59. The third-order valence-corrected chi connectivity index (χ3v) is 9.46. The first-order valence-electron chi connectivity index (χ1n) is 19.9. The number of aliphatic hydroxyl groups excluding tert-OH is 2. The largest absolute Gasteiger partial charge is 0.395 e. The molecule has 0 amide bonds. The van der Waals surface area contributed by atoms with E-state index in [9.17, 15) is 5.11 Å². The van der Waals surface area contributed by atoms with Gasteiger partial charge in [-0.3, -0.25) is 0 Å². The van der Waals surface area contributed by atoms with E-state index in [1.54, 1.807) is 6.08 Å². The van der Waals surface area contributed by atoms with E-state index in [1.165, 1.54) is 212 Å². The Labute approximate surface area is 271 Å². The zero-order chi connectivity index (χ0) is 31.3. The van der Waals surface area contributed by atoms with Crippen LogP contribution in [0, 0.1) is 0 Å². The van der Waals surface area contributed by atoms with E-state index in [1.807, 2.05) is 6.08 Å². The number of hydrogen-bond donors (Lipinski definition) is 3. The van der Waals surface area contributed by atoms with E-state index in [4.69, 9.17) is 10.8 Å². The molecule has 3 heteroatoms. The highest BCUT2D eigenvalue weighted by molar-refractivity contribution is 4.93. The van der Waals surface area contributed by atoms with Crippen LogP contribution in [0.25, 0.3) is 0 Å². The molecule has 0 rings (SSSR count). The van der Waals surface area contributed by atoms with E-state index in [0.29, 0.717) is 0 Å². The first-order chi connectivity index (χ1) is 21.2. The molecule has 2 atom stereocenters. The van der Waals surface area contributed by atoms with Gasteiger partial charge in [0.2, 0.25) is 0 Å². The van der Waals surface area contributed by atoms with Crippen LogP contribution >= 0.6 is 0 Å². The van der Waals surface area contributed by atoms with Crippen molar-refractivity contribution in [2.75, 3.05) is 6.61 Å². The topological polar surface area (TPSA) is 66.5 Å². The summed E-state index contributed by atoms with van der Waals surface area (Å²) < 4.78 is 0. The predicted molar refractivity (Wildman–Crippen MR) is 193 cm³/mol. The van der Waals surface area contributed by atoms with Crippen LogP contribution in [-0.4, -0.2) is 29.0 Å². The van der Waals surface area contributed by atoms with Crippen LogP contribution in [-0.2, 0) is 0 Å². The van der Waals surface area contributed by atoms with Gasteiger partial charge in [0.25, 0.3) is 0 Å². The van der Waals surface area contributed by atoms with Crippen LogP contribution < -0.4 is 5.73 Å². The Kier molecular flexibility index (Phi) is 37.5. The average molecular weight is 608 g/mol. The Morgan fingerprint density at radius 2 is 0.651 bits per heavy atom. The molecular weight excluding hydrogens is 526 g/mol. The van der Waals surface area contributed by atoms with Crippen molar-refractivity contribution in [2.24, 2.45) is 5.73 Å². The molecule has 0 fully saturated rings. The van der Waals surface area contributed by atoms with Gasteiger partial charge in [0.15, 0.2) is 0 Å². The van der Waals surface area contributed by atoms with Crippen molar-refractivity contribution in [1.29, 1.82) is 0 Å². The fraction of sp³-hybridized carbons (Fsp3) is 0.950. The van der Waals surface area contributed by atoms with Crippen molar-refractivity contribution >= 4 is 0 Å². The number of nitrogens with two attached hydrogens (primary N) is 1. The number of aliphatic hydroxyl groups is 2. The zero-order valence-corrected chi connectivity index (χ0v) is 29.5. The van der Waals surface area contributed by atoms with Crippen LogP contribution in [0.4, 0.5) is 0 Å². The Morgan fingerprint density at radius 3 is 0.884 bits per heavy atom. The highest BCUT2D eigenvalue weighted by Crippen LogP contribution is 2.17. The van der Waals surface area contributed by atoms with Crippen LogP contribution in [0.5, 0.6) is 0 Å². The smallest absolute Gasteiger partial charge is 0.0894 e. The van der Waals surface area contributed by atoms with Gasteiger partial charge in [0, 0.05) is 0 Å². The molecule has 0 aromatic heterocycles. The quantitative estimate of drug-likeness (QED) is 0.0486. The number of rotatable bonds is 37. The Balaban J connectivity index is 3.10. The van der Waals surface area contributed by atoms with Crippen molar-refractivity contribution in [3.8, 4) is 0 Å². The third kappa shape index (κ3) is 36.0. The molecule has 0 spiro atoms. The molecule has 0 unspecified atom stereocenters. The van der Waals surface area contributed by atoms with Crippen molar-refractivity contribution in [3.63, 3.8) is 0 Å². The highest BCUT2D eigenvalue weighted by Gasteiger charge is 2.08. The third-order valence-electron chi connectivity index (χ3n) is 9.46. The fourth-order valence-electron chi connectivity index (χ4n) is 6.30. The summed E-state index contributed by atoms with van der Waals surface area (Å²) in [7, 11) is 0. The van der Waals surface area contributed by atoms with Crippen molar-refractivity contribution < 1.29 is 10.2 Å². The monoisotopic (exact) mass is 608 g/mol. The van der Waals surface area contributed by atoms with Crippen molar-refractivity contribution in [3.05, 3.63) is 12.2 Å². The lowest BCUT2D eigenvalue weighted by Gasteiger charge is -2.11. The number of unbranched alkanes of at least 4 members (excludes halogenated alkanes) is 33. The molecule has 43 heavy (non-hydrogen) atoms. The molecule has 0 bridgehead atoms. The standard InChI is InChI=1S/C40H81NO2/c1-2-3-4-5-6-7-8-9-10-11-12-13-14-15-16-17-18-19-20-21-22-23-24-25-26-27-28-29-30-31-32-33-34-35-36-37-40(43)39(41)38-42/h36-37,39-40,42-43H,2-35,38,41H2,1H3/b37-36+/t39-,40+/m0/s1. The minimum Gasteiger partial charge on any atom is -0.395 e. The maximum absolute atomic E-state index is 9.67. The van der Waals surface area contributed by atoms with Gasteiger partial charge in [-0.05, 0) is 12.8 Å². The summed E-state index contributed by atoms with van der Waals surface area (Å²) in [6.45, 7) is 2.13. The van der Waals surface area contributed by atoms with Crippen LogP contribution in [0.3, 0.4) is 0 Å². The lowest BCUT2D eigenvalue weighted by Crippen LogP contribution is -2.36. The SMILES string of the molecule is CCCCCCCCCCCCCCCCCCCCCCCCCCCCCCCCCCC/C=C/[C@@H](O)[C@@H](N)CO. The first kappa shape index (κ1) is 42.6. The van der Waals surface area contributed by atoms with E-state index >= 15 is 0 Å². The first-order valence-corrected chi connectivity index (χ1v) is 19.9. The maximum atomic E-state index is 9.67. The average Bonchev–Trinajstić information content (AvgIpc) is 3.02. The lowest BCUT2D eigenvalue weighted by atomic mass is 10.0. The molecular formula is C40H81NO2. The van der Waals surface area contributed by atoms with Gasteiger partial charge in [-0.25, -0.2) is 0 Å². The van der Waals surface area contributed by atoms with Crippen molar-refractivity contribution in [2.45, 2.75) is 237 Å². The molecule has 3 nitrogen and oxygen atoms in total. The molecule has 0 radical (unpaired) electrons. The van der Waals surface area contributed by atoms with Gasteiger partial charge < -0.3 is 15.9 Å². The predicted octanol–water partition coefficient (Wildman–Crippen LogP) is 12.5. The summed E-state index contributed by atoms with van der Waals surface area (Å²) >= 11 is 0. The van der Waals surface area contributed by atoms with Gasteiger partial charge in [0.1, 0.15) is 0 Å². The highest BCUT2D eigenvalue weighted by atomic mass is 16.3. The van der Waals surface area contributed by atoms with E-state index in [-0.39, 0.29) is 6.61 Å². The van der Waals surface area contributed by atoms with E-state index in [2.05, 4.69) is 6.92 Å². The van der Waals surface area contributed by atoms with Gasteiger partial charge >= 0.3 is 0 Å². The second-order valence-corrected chi connectivity index (χ2v) is 13.9. The molecule has 258 valence electrons. The summed E-state index contributed by atoms with van der Waals surface area (Å²) in [6, 6.07) is -0.561. The summed E-state index contributed by atoms with van der Waals surface area (Å²) in [4.78, 5) is 0. The lowest BCUT2D eigenvalue weighted by molar-refractivity contribution is 0.144. The Bertz CT molecular complexity index is 523. The van der Waals surface area contributed by atoms with E-state index < -0.39 is 12.1 Å². The Morgan fingerprint density at radius 1 is 0.419 bits per heavy atom. The summed E-state index contributed by atoms with van der Waals surface area (Å²) in [5, 5.41) is 18.6. The van der Waals surface area contributed by atoms with Crippen LogP contribution in [0.15, 0.2) is 12.2 Å². The number of hydrogen-bond acceptors (Lipinski definition) is 3. The van der Waals surface area contributed by atoms with Gasteiger partial charge in [0.05, 0.1) is 18.8 Å². The van der Waals surface area contributed by atoms with Gasteiger partial charge in [-0.15, -0.1) is 0 Å². The zero-order valence-electron chi connectivity index (χ0n) is 29.5. The molecule has 0 aliphatic carbocycles. The molecule has 4 N–H and O–H groups in total. The maximum Gasteiger partial charge on any atom is 0.0894 e. The second-order valence-electron chi connectivity index (χ2n) is 13.9. The van der Waals surface area contributed by atoms with Crippen LogP contribution in [0.2, 0.25) is 0 Å². The second kappa shape index (κ2) is 37.8. The van der Waals surface area contributed by atoms with Gasteiger partial charge in [-0.1, -0.05) is 225 Å². The summed E-state index contributed by atoms with van der Waals surface area (Å²) in [5.74, 6) is 0. The molecule has 0 heterocycles. The molecule has 0 saturated carbocycles. The fourth-order valence-corrected chi connectivity index (χ4v) is 6.30. The van der Waals surface area contributed by atoms with Crippen molar-refractivity contribution in [1.82, 2.24) is 0 Å². The number of allylic oxidation sites excluding steroid dienone is 1. The summed E-state index contributed by atoms with van der Waals surface area (Å²) in [6.07, 6.45) is 51.4. The minimum absolute atomic E-state index is 0.175.